The van der Waals surface area contributed by atoms with Gasteiger partial charge >= 0.3 is 5.97 Å². The number of hydrogen-bond acceptors (Lipinski definition) is 4. The molecule has 2 atom stereocenters. The highest BCUT2D eigenvalue weighted by Gasteiger charge is 2.40. The van der Waals surface area contributed by atoms with Crippen LogP contribution in [0.4, 0.5) is 0 Å². The van der Waals surface area contributed by atoms with Crippen molar-refractivity contribution in [3.05, 3.63) is 47.2 Å². The lowest BCUT2D eigenvalue weighted by Gasteiger charge is -2.19. The van der Waals surface area contributed by atoms with E-state index in [0.29, 0.717) is 10.7 Å². The third-order valence-electron chi connectivity index (χ3n) is 4.02. The van der Waals surface area contributed by atoms with Crippen LogP contribution in [0.15, 0.2) is 36.5 Å². The van der Waals surface area contributed by atoms with Crippen molar-refractivity contribution in [2.45, 2.75) is 18.6 Å². The fourth-order valence-electron chi connectivity index (χ4n) is 2.77. The average Bonchev–Trinajstić information content (AvgIpc) is 3.21. The molecule has 2 heterocycles. The highest BCUT2D eigenvalue weighted by molar-refractivity contribution is 6.30. The molecule has 1 aromatic carbocycles. The Morgan fingerprint density at radius 1 is 1.38 bits per heavy atom. The molecule has 0 spiro atoms. The lowest BCUT2D eigenvalue weighted by atomic mass is 10.2. The fourth-order valence-corrected chi connectivity index (χ4v) is 2.96. The predicted molar refractivity (Wildman–Crippen MR) is 86.4 cm³/mol. The largest absolute Gasteiger partial charge is 0.480 e. The lowest BCUT2D eigenvalue weighted by Crippen LogP contribution is -2.40. The Labute approximate surface area is 143 Å². The molecule has 1 aliphatic heterocycles. The number of halogens is 1. The number of carboxylic acid groups (broad SMARTS) is 1. The minimum Gasteiger partial charge on any atom is -0.480 e. The number of amides is 1. The van der Waals surface area contributed by atoms with Gasteiger partial charge in [-0.25, -0.2) is 9.48 Å². The Bertz CT molecular complexity index is 776. The van der Waals surface area contributed by atoms with Crippen molar-refractivity contribution < 1.29 is 19.4 Å². The van der Waals surface area contributed by atoms with Gasteiger partial charge in [0.15, 0.2) is 5.69 Å². The Hall–Kier alpha value is -2.38. The van der Waals surface area contributed by atoms with Crippen molar-refractivity contribution in [1.82, 2.24) is 14.7 Å². The summed E-state index contributed by atoms with van der Waals surface area (Å²) in [4.78, 5) is 25.3. The van der Waals surface area contributed by atoms with Gasteiger partial charge in [-0.2, -0.15) is 5.10 Å². The summed E-state index contributed by atoms with van der Waals surface area (Å²) in [5, 5.41) is 14.1. The van der Waals surface area contributed by atoms with Gasteiger partial charge in [0, 0.05) is 31.3 Å². The first-order chi connectivity index (χ1) is 11.5. The summed E-state index contributed by atoms with van der Waals surface area (Å²) in [7, 11) is 1.51. The van der Waals surface area contributed by atoms with E-state index >= 15 is 0 Å². The van der Waals surface area contributed by atoms with Gasteiger partial charge in [0.2, 0.25) is 0 Å². The summed E-state index contributed by atoms with van der Waals surface area (Å²) >= 11 is 5.96. The van der Waals surface area contributed by atoms with Crippen LogP contribution in [0.5, 0.6) is 0 Å². The number of benzene rings is 1. The minimum absolute atomic E-state index is 0.179. The van der Waals surface area contributed by atoms with Crippen LogP contribution < -0.4 is 0 Å². The van der Waals surface area contributed by atoms with E-state index in [1.54, 1.807) is 30.5 Å². The number of carbonyl (C=O) groups is 2. The zero-order chi connectivity index (χ0) is 17.3. The number of carbonyl (C=O) groups excluding carboxylic acids is 1. The average molecular weight is 350 g/mol. The first-order valence-corrected chi connectivity index (χ1v) is 7.75. The second-order valence-electron chi connectivity index (χ2n) is 5.53. The summed E-state index contributed by atoms with van der Waals surface area (Å²) < 4.78 is 6.72. The summed E-state index contributed by atoms with van der Waals surface area (Å²) in [6, 6.07) is 7.71. The molecule has 1 N–H and O–H groups in total. The Kier molecular flexibility index (Phi) is 4.55. The maximum Gasteiger partial charge on any atom is 0.326 e. The molecule has 7 nitrogen and oxygen atoms in total. The van der Waals surface area contributed by atoms with Gasteiger partial charge in [0.05, 0.1) is 11.8 Å². The highest BCUT2D eigenvalue weighted by atomic mass is 35.5. The number of nitrogens with zero attached hydrogens (tertiary/aromatic N) is 3. The molecule has 2 unspecified atom stereocenters. The molecule has 1 saturated heterocycles. The number of likely N-dealkylation sites (tertiary alicyclic amines) is 1. The molecule has 1 fully saturated rings. The van der Waals surface area contributed by atoms with Gasteiger partial charge < -0.3 is 14.7 Å². The predicted octanol–water partition coefficient (Wildman–Crippen LogP) is 1.84. The molecule has 0 radical (unpaired) electrons. The zero-order valence-corrected chi connectivity index (χ0v) is 13.7. The smallest absolute Gasteiger partial charge is 0.326 e. The Balaban J connectivity index is 1.84. The van der Waals surface area contributed by atoms with Crippen molar-refractivity contribution in [3.8, 4) is 5.69 Å². The highest BCUT2D eigenvalue weighted by Crippen LogP contribution is 2.23. The molecule has 0 saturated carbocycles. The van der Waals surface area contributed by atoms with Crippen molar-refractivity contribution in [2.24, 2.45) is 0 Å². The lowest BCUT2D eigenvalue weighted by molar-refractivity contribution is -0.141. The van der Waals surface area contributed by atoms with Gasteiger partial charge in [0.1, 0.15) is 6.04 Å². The summed E-state index contributed by atoms with van der Waals surface area (Å²) in [5.74, 6) is -1.47. The van der Waals surface area contributed by atoms with Crippen LogP contribution in [-0.2, 0) is 9.53 Å². The van der Waals surface area contributed by atoms with Crippen molar-refractivity contribution in [3.63, 3.8) is 0 Å². The number of aliphatic carboxylic acids is 1. The number of ether oxygens (including phenoxy) is 1. The first kappa shape index (κ1) is 16.5. The van der Waals surface area contributed by atoms with Crippen LogP contribution >= 0.6 is 11.6 Å². The first-order valence-electron chi connectivity index (χ1n) is 7.38. The standard InChI is InChI=1S/C16H16ClN3O4/c1-24-12-8-14(16(22)23)19(9-12)15(21)13-5-6-20(18-13)11-4-2-3-10(17)7-11/h2-7,12,14H,8-9H2,1H3,(H,22,23). The molecule has 1 aromatic heterocycles. The van der Waals surface area contributed by atoms with E-state index < -0.39 is 17.9 Å². The summed E-state index contributed by atoms with van der Waals surface area (Å²) in [6.45, 7) is 0.232. The molecule has 0 aliphatic carbocycles. The summed E-state index contributed by atoms with van der Waals surface area (Å²) in [6.07, 6.45) is 1.62. The molecule has 1 aliphatic rings. The van der Waals surface area contributed by atoms with Crippen LogP contribution in [0.3, 0.4) is 0 Å². The quantitative estimate of drug-likeness (QED) is 0.910. The van der Waals surface area contributed by atoms with Gasteiger partial charge in [-0.3, -0.25) is 4.79 Å². The third-order valence-corrected chi connectivity index (χ3v) is 4.26. The van der Waals surface area contributed by atoms with E-state index in [-0.39, 0.29) is 24.8 Å². The number of aromatic nitrogens is 2. The molecule has 24 heavy (non-hydrogen) atoms. The van der Waals surface area contributed by atoms with Crippen molar-refractivity contribution in [2.75, 3.05) is 13.7 Å². The number of methoxy groups -OCH3 is 1. The van der Waals surface area contributed by atoms with Gasteiger partial charge in [-0.1, -0.05) is 17.7 Å². The van der Waals surface area contributed by atoms with Crippen molar-refractivity contribution >= 4 is 23.5 Å². The molecule has 3 rings (SSSR count). The molecule has 0 bridgehead atoms. The molecular formula is C16H16ClN3O4. The summed E-state index contributed by atoms with van der Waals surface area (Å²) in [5.41, 5.74) is 0.894. The van der Waals surface area contributed by atoms with Crippen LogP contribution in [0.25, 0.3) is 5.69 Å². The monoisotopic (exact) mass is 349 g/mol. The van der Waals surface area contributed by atoms with E-state index in [1.165, 1.54) is 16.7 Å². The van der Waals surface area contributed by atoms with Crippen molar-refractivity contribution in [1.29, 1.82) is 0 Å². The molecule has 2 aromatic rings. The van der Waals surface area contributed by atoms with E-state index in [0.717, 1.165) is 0 Å². The molecular weight excluding hydrogens is 334 g/mol. The third kappa shape index (κ3) is 3.13. The van der Waals surface area contributed by atoms with E-state index in [2.05, 4.69) is 5.10 Å². The van der Waals surface area contributed by atoms with Gasteiger partial charge in [-0.15, -0.1) is 0 Å². The molecule has 8 heteroatoms. The topological polar surface area (TPSA) is 84.7 Å². The second kappa shape index (κ2) is 6.62. The maximum absolute atomic E-state index is 12.6. The number of carboxylic acids is 1. The Morgan fingerprint density at radius 2 is 2.17 bits per heavy atom. The fraction of sp³-hybridized carbons (Fsp3) is 0.312. The van der Waals surface area contributed by atoms with Gasteiger partial charge in [0.25, 0.3) is 5.91 Å². The molecule has 1 amide bonds. The van der Waals surface area contributed by atoms with Crippen LogP contribution in [0.1, 0.15) is 16.9 Å². The van der Waals surface area contributed by atoms with E-state index in [1.807, 2.05) is 6.07 Å². The van der Waals surface area contributed by atoms with Gasteiger partial charge in [-0.05, 0) is 24.3 Å². The second-order valence-corrected chi connectivity index (χ2v) is 5.97. The van der Waals surface area contributed by atoms with E-state index in [9.17, 15) is 14.7 Å². The maximum atomic E-state index is 12.6. The van der Waals surface area contributed by atoms with E-state index in [4.69, 9.17) is 16.3 Å². The zero-order valence-electron chi connectivity index (χ0n) is 12.9. The Morgan fingerprint density at radius 3 is 2.83 bits per heavy atom. The van der Waals surface area contributed by atoms with Crippen LogP contribution in [0, 0.1) is 0 Å². The SMILES string of the molecule is COC1CC(C(=O)O)N(C(=O)c2ccn(-c3cccc(Cl)c3)n2)C1. The number of hydrogen-bond donors (Lipinski definition) is 1. The minimum atomic E-state index is -1.04. The molecule has 126 valence electrons. The van der Waals surface area contributed by atoms with Crippen LogP contribution in [0.2, 0.25) is 5.02 Å². The normalized spacial score (nSPS) is 20.3. The number of rotatable bonds is 4. The van der Waals surface area contributed by atoms with Crippen LogP contribution in [-0.4, -0.2) is 57.5 Å².